The van der Waals surface area contributed by atoms with Crippen LogP contribution in [0.2, 0.25) is 59.4 Å². The molecule has 318 valence electrons. The number of phenolic OH excluding ortho intramolecular Hbond substituents is 1. The van der Waals surface area contributed by atoms with E-state index in [9.17, 15) is 15.0 Å². The molecule has 0 amide bonds. The minimum atomic E-state index is -2.13. The third kappa shape index (κ3) is 9.17. The number of halogens is 1. The normalized spacial score (nSPS) is 23.2. The summed E-state index contributed by atoms with van der Waals surface area (Å²) in [6.07, 6.45) is -0.678. The van der Waals surface area contributed by atoms with Gasteiger partial charge in [-0.3, -0.25) is 0 Å². The molecule has 9 nitrogen and oxygen atoms in total. The number of ether oxygens (including phenoxy) is 3. The smallest absolute Gasteiger partial charge is 0.343 e. The molecule has 0 aromatic heterocycles. The standard InChI is InChI=1S/C45H65ClO9Si3/c1-11-56(12-2,13-3)51-29-36-33-20-21-38(48)42(35(33)28-39(50-10)43(36)46)44(49)53-32-26-31-24-25-45(40(54-45)23-22-37(47)34(31)27-32)41(55-58(17-7,18-8)19-9)30-52-57(14-4,15-5)16-6/h20-21,26,28,32,34,37,40-41,47-48H,11-19,27,29-30H2,1-10H3/t32-,34+,37-,40-,41-,45+/m1/s1. The van der Waals surface area contributed by atoms with E-state index in [1.54, 1.807) is 18.2 Å². The summed E-state index contributed by atoms with van der Waals surface area (Å²) in [5.74, 6) is 12.0. The van der Waals surface area contributed by atoms with Gasteiger partial charge >= 0.3 is 5.97 Å². The van der Waals surface area contributed by atoms with E-state index in [1.807, 2.05) is 0 Å². The van der Waals surface area contributed by atoms with E-state index in [0.29, 0.717) is 39.3 Å². The molecule has 2 aromatic rings. The van der Waals surface area contributed by atoms with Crippen molar-refractivity contribution in [1.29, 1.82) is 0 Å². The Hall–Kier alpha value is -2.63. The van der Waals surface area contributed by atoms with Gasteiger partial charge in [0.15, 0.2) is 36.7 Å². The van der Waals surface area contributed by atoms with Crippen molar-refractivity contribution in [2.75, 3.05) is 13.7 Å². The SMILES string of the molecule is CC[Si](CC)(CC)OCc1c(Cl)c(OC)cc2c(C(=O)O[C@@H]3C=C4C#C[C@]5([C@@H](CO[Si](CC)(CC)CC)O[Si](CC)(CC)CC)O[C@@H]5C#C[C@@H](O)[C@H]4C3)c(O)ccc12. The van der Waals surface area contributed by atoms with Crippen molar-refractivity contribution >= 4 is 53.3 Å². The molecule has 2 aliphatic carbocycles. The first kappa shape index (κ1) is 46.4. The van der Waals surface area contributed by atoms with E-state index in [1.165, 1.54) is 13.2 Å². The Bertz CT molecular complexity index is 1930. The number of fused-ring (bicyclic) bond motifs is 3. The number of phenols is 1. The third-order valence-electron chi connectivity index (χ3n) is 13.8. The molecule has 0 radical (unpaired) electrons. The predicted molar refractivity (Wildman–Crippen MR) is 239 cm³/mol. The molecule has 2 aromatic carbocycles. The van der Waals surface area contributed by atoms with Crippen molar-refractivity contribution in [3.05, 3.63) is 46.0 Å². The molecule has 58 heavy (non-hydrogen) atoms. The van der Waals surface area contributed by atoms with Gasteiger partial charge in [-0.2, -0.15) is 0 Å². The molecule has 6 atom stereocenters. The number of hydrogen-bond acceptors (Lipinski definition) is 9. The number of hydrogen-bond donors (Lipinski definition) is 2. The van der Waals surface area contributed by atoms with Crippen LogP contribution in [-0.2, 0) is 29.4 Å². The van der Waals surface area contributed by atoms with Crippen molar-refractivity contribution in [3.8, 4) is 35.2 Å². The van der Waals surface area contributed by atoms with E-state index in [2.05, 4.69) is 86.0 Å². The first-order valence-electron chi connectivity index (χ1n) is 21.6. The van der Waals surface area contributed by atoms with Crippen LogP contribution in [-0.4, -0.2) is 84.9 Å². The quantitative estimate of drug-likeness (QED) is 0.0548. The zero-order valence-electron chi connectivity index (χ0n) is 36.3. The van der Waals surface area contributed by atoms with Crippen LogP contribution in [0.1, 0.15) is 84.7 Å². The van der Waals surface area contributed by atoms with Crippen LogP contribution < -0.4 is 4.74 Å². The van der Waals surface area contributed by atoms with Crippen LogP contribution in [0.4, 0.5) is 0 Å². The van der Waals surface area contributed by atoms with Gasteiger partial charge in [-0.25, -0.2) is 4.79 Å². The lowest BCUT2D eigenvalue weighted by molar-refractivity contribution is 0.0355. The van der Waals surface area contributed by atoms with Crippen molar-refractivity contribution in [3.63, 3.8) is 0 Å². The van der Waals surface area contributed by atoms with Gasteiger partial charge in [-0.15, -0.1) is 0 Å². The molecule has 0 saturated carbocycles. The van der Waals surface area contributed by atoms with Crippen molar-refractivity contribution in [2.24, 2.45) is 5.92 Å². The summed E-state index contributed by atoms with van der Waals surface area (Å²) >= 11 is 6.89. The molecule has 13 heteroatoms. The molecule has 0 bridgehead atoms. The lowest BCUT2D eigenvalue weighted by Gasteiger charge is -2.37. The maximum absolute atomic E-state index is 14.1. The van der Waals surface area contributed by atoms with Gasteiger partial charge in [0.05, 0.1) is 25.3 Å². The first-order chi connectivity index (χ1) is 27.8. The predicted octanol–water partition coefficient (Wildman–Crippen LogP) is 10.1. The summed E-state index contributed by atoms with van der Waals surface area (Å²) in [6.45, 7) is 20.4. The number of aliphatic hydroxyl groups excluding tert-OH is 1. The summed E-state index contributed by atoms with van der Waals surface area (Å²) < 4.78 is 38.8. The molecule has 1 heterocycles. The molecule has 5 rings (SSSR count). The maximum Gasteiger partial charge on any atom is 0.343 e. The maximum atomic E-state index is 14.1. The van der Waals surface area contributed by atoms with Crippen molar-refractivity contribution in [2.45, 2.75) is 160 Å². The lowest BCUT2D eigenvalue weighted by Crippen LogP contribution is -2.50. The number of aromatic hydroxyl groups is 1. The topological polar surface area (TPSA) is 116 Å². The molecular formula is C45H65ClO9Si3. The van der Waals surface area contributed by atoms with Crippen LogP contribution in [0.25, 0.3) is 10.8 Å². The van der Waals surface area contributed by atoms with E-state index < -0.39 is 66.9 Å². The molecule has 1 saturated heterocycles. The summed E-state index contributed by atoms with van der Waals surface area (Å²) in [5, 5.41) is 24.1. The second kappa shape index (κ2) is 19.4. The molecule has 3 aliphatic rings. The number of epoxide rings is 1. The molecule has 0 spiro atoms. The first-order valence-corrected chi connectivity index (χ1v) is 29.5. The van der Waals surface area contributed by atoms with Gasteiger partial charge in [-0.05, 0) is 84.4 Å². The van der Waals surface area contributed by atoms with Crippen molar-refractivity contribution in [1.82, 2.24) is 0 Å². The fraction of sp³-hybridized carbons (Fsp3) is 0.622. The molecule has 2 N–H and O–H groups in total. The van der Waals surface area contributed by atoms with Crippen LogP contribution >= 0.6 is 11.6 Å². The Morgan fingerprint density at radius 1 is 0.897 bits per heavy atom. The fourth-order valence-electron chi connectivity index (χ4n) is 8.75. The van der Waals surface area contributed by atoms with Crippen LogP contribution in [0.15, 0.2) is 29.8 Å². The van der Waals surface area contributed by atoms with E-state index >= 15 is 0 Å². The van der Waals surface area contributed by atoms with Gasteiger partial charge < -0.3 is 37.7 Å². The Labute approximate surface area is 354 Å². The summed E-state index contributed by atoms with van der Waals surface area (Å²) in [6, 6.07) is 13.7. The number of carbonyl (C=O) groups excluding carboxylic acids is 1. The van der Waals surface area contributed by atoms with Crippen LogP contribution in [0, 0.1) is 29.6 Å². The number of carbonyl (C=O) groups is 1. The molecule has 1 fully saturated rings. The second-order valence-corrected chi connectivity index (χ2v) is 30.7. The van der Waals surface area contributed by atoms with Crippen LogP contribution in [0.5, 0.6) is 11.5 Å². The second-order valence-electron chi connectivity index (χ2n) is 16.0. The Morgan fingerprint density at radius 3 is 2.09 bits per heavy atom. The van der Waals surface area contributed by atoms with Gasteiger partial charge in [0.1, 0.15) is 35.4 Å². The monoisotopic (exact) mass is 868 g/mol. The number of rotatable bonds is 21. The molecule has 0 unspecified atom stereocenters. The lowest BCUT2D eigenvalue weighted by atomic mass is 9.95. The van der Waals surface area contributed by atoms with Crippen molar-refractivity contribution < 1.29 is 42.5 Å². The largest absolute Gasteiger partial charge is 0.507 e. The highest BCUT2D eigenvalue weighted by Gasteiger charge is 2.63. The highest BCUT2D eigenvalue weighted by Crippen LogP contribution is 2.45. The number of aliphatic hydroxyl groups is 1. The summed E-state index contributed by atoms with van der Waals surface area (Å²) in [4.78, 5) is 14.1. The van der Waals surface area contributed by atoms with Gasteiger partial charge in [0, 0.05) is 22.4 Å². The fourth-order valence-corrected chi connectivity index (χ4v) is 17.1. The van der Waals surface area contributed by atoms with E-state index in [0.717, 1.165) is 54.4 Å². The zero-order chi connectivity index (χ0) is 42.5. The number of benzene rings is 2. The highest BCUT2D eigenvalue weighted by atomic mass is 35.5. The molecule has 1 aliphatic heterocycles. The third-order valence-corrected chi connectivity index (χ3v) is 28.1. The summed E-state index contributed by atoms with van der Waals surface area (Å²) in [7, 11) is -4.58. The molecular weight excluding hydrogens is 804 g/mol. The van der Waals surface area contributed by atoms with E-state index in [4.69, 9.17) is 39.1 Å². The summed E-state index contributed by atoms with van der Waals surface area (Å²) in [5.41, 5.74) is 0.315. The Kier molecular flexibility index (Phi) is 15.5. The average molecular weight is 870 g/mol. The van der Waals surface area contributed by atoms with Crippen LogP contribution in [0.3, 0.4) is 0 Å². The number of methoxy groups -OCH3 is 1. The van der Waals surface area contributed by atoms with Gasteiger partial charge in [0.2, 0.25) is 0 Å². The highest BCUT2D eigenvalue weighted by molar-refractivity contribution is 6.74. The van der Waals surface area contributed by atoms with Gasteiger partial charge in [0.25, 0.3) is 0 Å². The minimum absolute atomic E-state index is 0.000841. The van der Waals surface area contributed by atoms with Gasteiger partial charge in [-0.1, -0.05) is 104 Å². The zero-order valence-corrected chi connectivity index (χ0v) is 40.1. The minimum Gasteiger partial charge on any atom is -0.507 e. The number of esters is 1. The Balaban J connectivity index is 1.48. The van der Waals surface area contributed by atoms with E-state index in [-0.39, 0.29) is 24.3 Å². The average Bonchev–Trinajstić information content (AvgIpc) is 3.80. The Morgan fingerprint density at radius 2 is 1.50 bits per heavy atom.